The summed E-state index contributed by atoms with van der Waals surface area (Å²) in [5.41, 5.74) is -1.17. The van der Waals surface area contributed by atoms with Crippen LogP contribution in [0.4, 0.5) is 14.5 Å². The average Bonchev–Trinajstić information content (AvgIpc) is 3.24. The fraction of sp³-hybridized carbons (Fsp3) is 0.364. The Morgan fingerprint density at radius 2 is 1.79 bits per heavy atom. The normalized spacial score (nSPS) is 22.5. The number of benzene rings is 3. The van der Waals surface area contributed by atoms with Crippen LogP contribution in [-0.4, -0.2) is 29.1 Å². The monoisotopic (exact) mass is 627 g/mol. The van der Waals surface area contributed by atoms with Crippen LogP contribution in [0.25, 0.3) is 0 Å². The first kappa shape index (κ1) is 32.4. The first-order valence-corrected chi connectivity index (χ1v) is 14.7. The Morgan fingerprint density at radius 3 is 2.35 bits per heavy atom. The number of nitriles is 1. The molecule has 43 heavy (non-hydrogen) atoms. The SMILES string of the molecule is CCC(C(=O)O)c1ccc(NC(=O)[C@@H]2N[C@@H](CC(C)(C)C)[C@](C#N)(c3ccc(Cl)cc3F)[C@H]2c2cccc(Cl)c2F)cc1. The van der Waals surface area contributed by atoms with E-state index in [-0.39, 0.29) is 26.6 Å². The lowest BCUT2D eigenvalue weighted by atomic mass is 9.62. The molecule has 6 nitrogen and oxygen atoms in total. The lowest BCUT2D eigenvalue weighted by Gasteiger charge is -2.37. The number of carboxylic acid groups (broad SMARTS) is 1. The smallest absolute Gasteiger partial charge is 0.310 e. The fourth-order valence-corrected chi connectivity index (χ4v) is 6.47. The molecule has 1 saturated heterocycles. The van der Waals surface area contributed by atoms with E-state index in [2.05, 4.69) is 16.7 Å². The quantitative estimate of drug-likeness (QED) is 0.236. The van der Waals surface area contributed by atoms with Gasteiger partial charge in [0.15, 0.2) is 0 Å². The number of aliphatic carboxylic acids is 1. The Kier molecular flexibility index (Phi) is 9.51. The lowest BCUT2D eigenvalue weighted by molar-refractivity contribution is -0.138. The second kappa shape index (κ2) is 12.6. The third-order valence-corrected chi connectivity index (χ3v) is 8.55. The highest BCUT2D eigenvalue weighted by atomic mass is 35.5. The molecule has 1 amide bonds. The van der Waals surface area contributed by atoms with Gasteiger partial charge in [0.1, 0.15) is 17.0 Å². The molecule has 1 aliphatic heterocycles. The Hall–Kier alpha value is -3.51. The maximum Gasteiger partial charge on any atom is 0.310 e. The van der Waals surface area contributed by atoms with Gasteiger partial charge in [0.2, 0.25) is 5.91 Å². The molecular weight excluding hydrogens is 595 g/mol. The minimum absolute atomic E-state index is 0.00458. The molecule has 0 aliphatic carbocycles. The molecule has 0 saturated carbocycles. The van der Waals surface area contributed by atoms with Crippen LogP contribution in [0, 0.1) is 28.4 Å². The summed E-state index contributed by atoms with van der Waals surface area (Å²) in [6, 6.07) is 15.1. The largest absolute Gasteiger partial charge is 0.481 e. The first-order valence-electron chi connectivity index (χ1n) is 13.9. The molecule has 0 bridgehead atoms. The van der Waals surface area contributed by atoms with Crippen molar-refractivity contribution in [3.63, 3.8) is 0 Å². The zero-order valence-electron chi connectivity index (χ0n) is 24.2. The van der Waals surface area contributed by atoms with Gasteiger partial charge in [-0.25, -0.2) is 8.78 Å². The van der Waals surface area contributed by atoms with Gasteiger partial charge in [0.25, 0.3) is 0 Å². The van der Waals surface area contributed by atoms with Crippen molar-refractivity contribution in [1.82, 2.24) is 5.32 Å². The van der Waals surface area contributed by atoms with E-state index in [1.165, 1.54) is 30.3 Å². The summed E-state index contributed by atoms with van der Waals surface area (Å²) in [7, 11) is 0. The third-order valence-electron chi connectivity index (χ3n) is 8.02. The van der Waals surface area contributed by atoms with Gasteiger partial charge in [0.05, 0.1) is 23.1 Å². The van der Waals surface area contributed by atoms with Crippen LogP contribution in [0.3, 0.4) is 0 Å². The molecule has 0 spiro atoms. The summed E-state index contributed by atoms with van der Waals surface area (Å²) in [5, 5.41) is 26.5. The van der Waals surface area contributed by atoms with E-state index in [1.807, 2.05) is 20.8 Å². The van der Waals surface area contributed by atoms with Crippen molar-refractivity contribution in [2.45, 2.75) is 69.9 Å². The van der Waals surface area contributed by atoms with Crippen LogP contribution in [0.5, 0.6) is 0 Å². The summed E-state index contributed by atoms with van der Waals surface area (Å²) < 4.78 is 31.5. The molecule has 5 atom stereocenters. The van der Waals surface area contributed by atoms with Crippen LogP contribution < -0.4 is 10.6 Å². The Balaban J connectivity index is 1.87. The van der Waals surface area contributed by atoms with Crippen molar-refractivity contribution in [3.8, 4) is 6.07 Å². The predicted octanol–water partition coefficient (Wildman–Crippen LogP) is 7.81. The minimum Gasteiger partial charge on any atom is -0.481 e. The molecule has 0 aromatic heterocycles. The minimum atomic E-state index is -1.74. The maximum atomic E-state index is 15.8. The van der Waals surface area contributed by atoms with Crippen molar-refractivity contribution in [3.05, 3.63) is 99.0 Å². The Morgan fingerprint density at radius 1 is 1.12 bits per heavy atom. The molecule has 4 rings (SSSR count). The van der Waals surface area contributed by atoms with Gasteiger partial charge in [-0.15, -0.1) is 0 Å². The number of hydrogen-bond donors (Lipinski definition) is 3. The Bertz CT molecular complexity index is 1570. The summed E-state index contributed by atoms with van der Waals surface area (Å²) in [5.74, 6) is -4.97. The number of nitrogens with zero attached hydrogens (tertiary/aromatic N) is 1. The topological polar surface area (TPSA) is 102 Å². The van der Waals surface area contributed by atoms with E-state index in [0.29, 0.717) is 24.1 Å². The highest BCUT2D eigenvalue weighted by Gasteiger charge is 2.61. The van der Waals surface area contributed by atoms with E-state index in [0.717, 1.165) is 6.07 Å². The van der Waals surface area contributed by atoms with Gasteiger partial charge >= 0.3 is 5.97 Å². The van der Waals surface area contributed by atoms with Crippen LogP contribution >= 0.6 is 23.2 Å². The molecule has 3 aromatic carbocycles. The Labute approximate surface area is 260 Å². The van der Waals surface area contributed by atoms with E-state index in [9.17, 15) is 20.0 Å². The van der Waals surface area contributed by atoms with E-state index < -0.39 is 52.8 Å². The summed E-state index contributed by atoms with van der Waals surface area (Å²) in [6.45, 7) is 7.65. The number of anilines is 1. The number of amides is 1. The first-order chi connectivity index (χ1) is 20.2. The van der Waals surface area contributed by atoms with Crippen molar-refractivity contribution >= 4 is 40.8 Å². The van der Waals surface area contributed by atoms with Crippen molar-refractivity contribution < 1.29 is 23.5 Å². The second-order valence-electron chi connectivity index (χ2n) is 12.1. The van der Waals surface area contributed by atoms with E-state index in [1.54, 1.807) is 31.2 Å². The van der Waals surface area contributed by atoms with Crippen molar-refractivity contribution in [2.75, 3.05) is 5.32 Å². The highest BCUT2D eigenvalue weighted by molar-refractivity contribution is 6.31. The fourth-order valence-electron chi connectivity index (χ4n) is 6.13. The number of carbonyl (C=O) groups is 2. The van der Waals surface area contributed by atoms with Gasteiger partial charge in [-0.3, -0.25) is 9.59 Å². The van der Waals surface area contributed by atoms with Crippen LogP contribution in [0.15, 0.2) is 60.7 Å². The lowest BCUT2D eigenvalue weighted by Crippen LogP contribution is -2.45. The molecule has 1 aliphatic rings. The van der Waals surface area contributed by atoms with Crippen molar-refractivity contribution in [1.29, 1.82) is 5.26 Å². The molecule has 1 heterocycles. The third kappa shape index (κ3) is 6.40. The zero-order chi connectivity index (χ0) is 31.7. The van der Waals surface area contributed by atoms with Gasteiger partial charge in [0, 0.05) is 28.2 Å². The van der Waals surface area contributed by atoms with Crippen molar-refractivity contribution in [2.24, 2.45) is 5.41 Å². The number of carbonyl (C=O) groups excluding carboxylic acids is 1. The van der Waals surface area contributed by atoms with Crippen LogP contribution in [0.2, 0.25) is 10.0 Å². The molecule has 226 valence electrons. The maximum absolute atomic E-state index is 15.8. The van der Waals surface area contributed by atoms with E-state index >= 15 is 8.78 Å². The van der Waals surface area contributed by atoms with Crippen LogP contribution in [0.1, 0.15) is 69.1 Å². The average molecular weight is 629 g/mol. The number of carboxylic acids is 1. The van der Waals surface area contributed by atoms with Gasteiger partial charge in [-0.2, -0.15) is 5.26 Å². The molecule has 3 N–H and O–H groups in total. The molecule has 3 aromatic rings. The van der Waals surface area contributed by atoms with Crippen LogP contribution in [-0.2, 0) is 15.0 Å². The summed E-state index contributed by atoms with van der Waals surface area (Å²) >= 11 is 12.3. The molecule has 10 heteroatoms. The van der Waals surface area contributed by atoms with E-state index in [4.69, 9.17) is 23.2 Å². The summed E-state index contributed by atoms with van der Waals surface area (Å²) in [6.07, 6.45) is 0.736. The number of rotatable bonds is 8. The number of nitrogens with one attached hydrogen (secondary N) is 2. The summed E-state index contributed by atoms with van der Waals surface area (Å²) in [4.78, 5) is 25.6. The molecular formula is C33H33Cl2F2N3O3. The molecule has 1 unspecified atom stereocenters. The molecule has 0 radical (unpaired) electrons. The number of hydrogen-bond acceptors (Lipinski definition) is 4. The standard InChI is InChI=1S/C33H33Cl2F2N3O3/c1-5-21(31(42)43)18-9-12-20(13-10-18)39-30(41)29-27(22-7-6-8-24(35)28(22)37)33(17-38,26(40-29)16-32(2,3)4)23-14-11-19(34)15-25(23)36/h6-15,21,26-27,29,40H,5,16H2,1-4H3,(H,39,41)(H,42,43)/t21?,26-,27-,29+,33-/m0/s1. The molecule has 1 fully saturated rings. The van der Waals surface area contributed by atoms with Gasteiger partial charge in [-0.05, 0) is 59.7 Å². The van der Waals surface area contributed by atoms with Gasteiger partial charge in [-0.1, -0.05) is 81.2 Å². The highest BCUT2D eigenvalue weighted by Crippen LogP contribution is 2.53. The predicted molar refractivity (Wildman–Crippen MR) is 163 cm³/mol. The zero-order valence-corrected chi connectivity index (χ0v) is 25.7. The van der Waals surface area contributed by atoms with Gasteiger partial charge < -0.3 is 15.7 Å². The second-order valence-corrected chi connectivity index (χ2v) is 12.9. The number of halogens is 4.